The van der Waals surface area contributed by atoms with Crippen LogP contribution in [0.2, 0.25) is 0 Å². The molecule has 62 heavy (non-hydrogen) atoms. The third-order valence-corrected chi connectivity index (χ3v) is 10.4. The normalized spacial score (nSPS) is 14.3. The number of hydrogen-bond acceptors (Lipinski definition) is 5. The Bertz CT molecular complexity index is 1330. The smallest absolute Gasteiger partial charge is 0.306 e. The summed E-state index contributed by atoms with van der Waals surface area (Å²) in [5.41, 5.74) is 0. The monoisotopic (exact) mass is 858 g/mol. The Labute approximate surface area is 380 Å². The van der Waals surface area contributed by atoms with Crippen LogP contribution in [0.4, 0.5) is 0 Å². The zero-order valence-electron chi connectivity index (χ0n) is 39.7. The minimum Gasteiger partial charge on any atom is -0.462 e. The van der Waals surface area contributed by atoms with Gasteiger partial charge in [-0.25, -0.2) is 0 Å². The van der Waals surface area contributed by atoms with Crippen LogP contribution in [-0.2, 0) is 14.3 Å². The van der Waals surface area contributed by atoms with E-state index in [0.717, 1.165) is 89.9 Å². The molecule has 0 aliphatic heterocycles. The van der Waals surface area contributed by atoms with E-state index in [1.807, 2.05) is 60.8 Å². The number of carbonyl (C=O) groups is 2. The Balaban J connectivity index is 4.83. The number of unbranched alkanes of at least 4 members (excludes halogenated alkanes) is 15. The molecule has 0 aromatic rings. The summed E-state index contributed by atoms with van der Waals surface area (Å²) in [7, 11) is 0. The fourth-order valence-corrected chi connectivity index (χ4v) is 6.75. The van der Waals surface area contributed by atoms with Crippen molar-refractivity contribution in [1.29, 1.82) is 0 Å². The first kappa shape index (κ1) is 58.3. The van der Waals surface area contributed by atoms with E-state index in [9.17, 15) is 19.8 Å². The van der Waals surface area contributed by atoms with Crippen LogP contribution in [-0.4, -0.2) is 46.9 Å². The maximum Gasteiger partial charge on any atom is 0.306 e. The highest BCUT2D eigenvalue weighted by atomic mass is 16.5. The SMILES string of the molecule is CC\C=C/C=C/C=C/C=C\C=C\C=C\CCCC(CC(=O)NC(CO)C(O)CCCCCCCCCCCCCC)OC(=O)CCCCC/C=C/C/C=C/C/C=C/C/C=C/CC. The third kappa shape index (κ3) is 42.9. The molecule has 0 heterocycles. The number of aliphatic hydroxyl groups is 2. The molecule has 3 N–H and O–H groups in total. The van der Waals surface area contributed by atoms with Gasteiger partial charge in [0, 0.05) is 6.42 Å². The van der Waals surface area contributed by atoms with Crippen molar-refractivity contribution in [3.63, 3.8) is 0 Å². The molecule has 350 valence electrons. The predicted octanol–water partition coefficient (Wildman–Crippen LogP) is 14.9. The molecular formula is C56H91NO5. The standard InChI is InChI=1S/C56H91NO5/c1-4-7-10-13-16-19-22-25-27-29-31-34-37-40-43-46-49-56(61)62-52(47-44-41-38-35-32-30-28-26-23-20-17-14-11-8-5-2)50-55(60)57-53(51-58)54(59)48-45-42-39-36-33-24-21-18-15-12-9-6-3/h7-8,10-11,14,16-17,19-20,23,25-28,30-32,34-35,38,52-54,58-59H,4-6,9,12-13,15,18,21-22,24,29,33,36-37,39-51H2,1-3H3,(H,57,60)/b10-7+,11-8-,17-14+,19-16+,23-20+,27-25+,28-26-,32-30+,34-31+,38-35+. The first-order chi connectivity index (χ1) is 30.5. The molecule has 0 saturated carbocycles. The van der Waals surface area contributed by atoms with E-state index >= 15 is 0 Å². The van der Waals surface area contributed by atoms with Gasteiger partial charge < -0.3 is 20.3 Å². The summed E-state index contributed by atoms with van der Waals surface area (Å²) in [6, 6.07) is -0.740. The minimum absolute atomic E-state index is 0.00536. The summed E-state index contributed by atoms with van der Waals surface area (Å²) in [4.78, 5) is 26.1. The molecule has 0 radical (unpaired) electrons. The summed E-state index contributed by atoms with van der Waals surface area (Å²) in [5, 5.41) is 23.7. The van der Waals surface area contributed by atoms with Crippen molar-refractivity contribution in [2.75, 3.05) is 6.61 Å². The fraction of sp³-hybridized carbons (Fsp3) is 0.607. The number of amides is 1. The van der Waals surface area contributed by atoms with Crippen molar-refractivity contribution < 1.29 is 24.5 Å². The number of hydrogen-bond donors (Lipinski definition) is 3. The van der Waals surface area contributed by atoms with E-state index < -0.39 is 18.2 Å². The average Bonchev–Trinajstić information content (AvgIpc) is 3.26. The Hall–Kier alpha value is -3.74. The van der Waals surface area contributed by atoms with Crippen molar-refractivity contribution in [2.45, 2.75) is 212 Å². The number of carbonyl (C=O) groups excluding carboxylic acids is 2. The van der Waals surface area contributed by atoms with Gasteiger partial charge in [-0.3, -0.25) is 9.59 Å². The van der Waals surface area contributed by atoms with Crippen LogP contribution in [0.25, 0.3) is 0 Å². The van der Waals surface area contributed by atoms with Crippen LogP contribution < -0.4 is 5.32 Å². The summed E-state index contributed by atoms with van der Waals surface area (Å²) in [6.45, 7) is 6.17. The first-order valence-electron chi connectivity index (χ1n) is 24.8. The molecule has 0 saturated heterocycles. The van der Waals surface area contributed by atoms with E-state index in [1.54, 1.807) is 0 Å². The fourth-order valence-electron chi connectivity index (χ4n) is 6.75. The summed E-state index contributed by atoms with van der Waals surface area (Å²) >= 11 is 0. The number of rotatable bonds is 42. The Morgan fingerprint density at radius 3 is 1.52 bits per heavy atom. The van der Waals surface area contributed by atoms with Crippen LogP contribution in [0.5, 0.6) is 0 Å². The van der Waals surface area contributed by atoms with Crippen LogP contribution in [0, 0.1) is 0 Å². The van der Waals surface area contributed by atoms with Gasteiger partial charge in [0.2, 0.25) is 5.91 Å². The molecule has 0 aliphatic carbocycles. The first-order valence-corrected chi connectivity index (χ1v) is 24.8. The lowest BCUT2D eigenvalue weighted by Crippen LogP contribution is -2.46. The van der Waals surface area contributed by atoms with Crippen LogP contribution >= 0.6 is 0 Å². The van der Waals surface area contributed by atoms with Crippen LogP contribution in [0.1, 0.15) is 194 Å². The number of aliphatic hydroxyl groups excluding tert-OH is 2. The lowest BCUT2D eigenvalue weighted by molar-refractivity contribution is -0.151. The molecule has 0 spiro atoms. The van der Waals surface area contributed by atoms with Gasteiger partial charge in [0.1, 0.15) is 6.10 Å². The van der Waals surface area contributed by atoms with E-state index in [-0.39, 0.29) is 24.9 Å². The van der Waals surface area contributed by atoms with E-state index in [0.29, 0.717) is 19.3 Å². The number of allylic oxidation sites excluding steroid dienone is 20. The van der Waals surface area contributed by atoms with Gasteiger partial charge in [0.05, 0.1) is 25.2 Å². The minimum atomic E-state index is -0.821. The second-order valence-electron chi connectivity index (χ2n) is 16.3. The van der Waals surface area contributed by atoms with Crippen molar-refractivity contribution in [2.24, 2.45) is 0 Å². The topological polar surface area (TPSA) is 95.9 Å². The Morgan fingerprint density at radius 2 is 0.968 bits per heavy atom. The van der Waals surface area contributed by atoms with Crippen LogP contribution in [0.3, 0.4) is 0 Å². The van der Waals surface area contributed by atoms with E-state index in [1.165, 1.54) is 57.8 Å². The molecule has 0 aromatic carbocycles. The summed E-state index contributed by atoms with van der Waals surface area (Å²) < 4.78 is 5.87. The van der Waals surface area contributed by atoms with Gasteiger partial charge in [-0.05, 0) is 77.0 Å². The highest BCUT2D eigenvalue weighted by Gasteiger charge is 2.24. The molecule has 3 atom stereocenters. The quantitative estimate of drug-likeness (QED) is 0.0246. The largest absolute Gasteiger partial charge is 0.462 e. The molecule has 0 rings (SSSR count). The van der Waals surface area contributed by atoms with Gasteiger partial charge in [0.15, 0.2) is 0 Å². The molecule has 6 heteroatoms. The van der Waals surface area contributed by atoms with Gasteiger partial charge >= 0.3 is 5.97 Å². The third-order valence-electron chi connectivity index (χ3n) is 10.4. The lowest BCUT2D eigenvalue weighted by Gasteiger charge is -2.24. The summed E-state index contributed by atoms with van der Waals surface area (Å²) in [6.07, 6.45) is 66.8. The van der Waals surface area contributed by atoms with Crippen LogP contribution in [0.15, 0.2) is 122 Å². The molecule has 0 fully saturated rings. The summed E-state index contributed by atoms with van der Waals surface area (Å²) in [5.74, 6) is -0.599. The van der Waals surface area contributed by atoms with Gasteiger partial charge in [-0.2, -0.15) is 0 Å². The van der Waals surface area contributed by atoms with Gasteiger partial charge in [0.25, 0.3) is 0 Å². The van der Waals surface area contributed by atoms with Gasteiger partial charge in [-0.15, -0.1) is 0 Å². The van der Waals surface area contributed by atoms with Gasteiger partial charge in [-0.1, -0.05) is 226 Å². The number of ether oxygens (including phenoxy) is 1. The van der Waals surface area contributed by atoms with Crippen molar-refractivity contribution in [3.05, 3.63) is 122 Å². The van der Waals surface area contributed by atoms with E-state index in [4.69, 9.17) is 4.74 Å². The predicted molar refractivity (Wildman–Crippen MR) is 268 cm³/mol. The maximum atomic E-state index is 13.2. The molecule has 0 aliphatic rings. The number of esters is 1. The van der Waals surface area contributed by atoms with Crippen molar-refractivity contribution in [3.8, 4) is 0 Å². The highest BCUT2D eigenvalue weighted by Crippen LogP contribution is 2.16. The lowest BCUT2D eigenvalue weighted by atomic mass is 10.0. The van der Waals surface area contributed by atoms with E-state index in [2.05, 4.69) is 86.8 Å². The second-order valence-corrected chi connectivity index (χ2v) is 16.3. The molecule has 0 aromatic heterocycles. The zero-order valence-corrected chi connectivity index (χ0v) is 39.7. The second kappa shape index (κ2) is 48.3. The Morgan fingerprint density at radius 1 is 0.500 bits per heavy atom. The molecule has 6 nitrogen and oxygen atoms in total. The van der Waals surface area contributed by atoms with Crippen molar-refractivity contribution in [1.82, 2.24) is 5.32 Å². The number of nitrogens with one attached hydrogen (secondary N) is 1. The highest BCUT2D eigenvalue weighted by molar-refractivity contribution is 5.77. The molecule has 3 unspecified atom stereocenters. The zero-order chi connectivity index (χ0) is 45.2. The Kier molecular flexibility index (Phi) is 45.4. The average molecular weight is 858 g/mol. The maximum absolute atomic E-state index is 13.2. The molecular weight excluding hydrogens is 767 g/mol. The molecule has 0 bridgehead atoms. The molecule has 1 amide bonds. The van der Waals surface area contributed by atoms with Crippen molar-refractivity contribution >= 4 is 11.9 Å².